The number of benzene rings is 2. The first-order chi connectivity index (χ1) is 22.5. The summed E-state index contributed by atoms with van der Waals surface area (Å²) in [4.78, 5) is 58.3. The number of amidine groups is 1. The highest BCUT2D eigenvalue weighted by atomic mass is 32.2. The Morgan fingerprint density at radius 2 is 1.65 bits per heavy atom. The van der Waals surface area contributed by atoms with Gasteiger partial charge in [-0.25, -0.2) is 9.78 Å². The minimum atomic E-state index is -4.29. The number of hydrogen-bond acceptors (Lipinski definition) is 10. The van der Waals surface area contributed by atoms with Crippen molar-refractivity contribution in [1.29, 1.82) is 5.41 Å². The lowest BCUT2D eigenvalue weighted by molar-refractivity contribution is -0.151. The second-order valence-corrected chi connectivity index (χ2v) is 13.1. The highest BCUT2D eigenvalue weighted by molar-refractivity contribution is 7.86. The van der Waals surface area contributed by atoms with Gasteiger partial charge in [0, 0.05) is 41.5 Å². The molecule has 0 spiro atoms. The Hall–Kier alpha value is -5.57. The normalized spacial score (nSPS) is 14.0. The largest absolute Gasteiger partial charge is 0.481 e. The first-order valence-electron chi connectivity index (χ1n) is 14.6. The maximum absolute atomic E-state index is 13.6. The van der Waals surface area contributed by atoms with Crippen LogP contribution >= 0.6 is 0 Å². The second kappa shape index (κ2) is 14.0. The van der Waals surface area contributed by atoms with Crippen molar-refractivity contribution in [2.45, 2.75) is 26.2 Å². The van der Waals surface area contributed by atoms with Gasteiger partial charge >= 0.3 is 22.1 Å². The number of amides is 2. The molecule has 0 aliphatic carbocycles. The number of aromatic nitrogens is 1. The number of ether oxygens (including phenoxy) is 1. The third kappa shape index (κ3) is 8.04. The molecule has 1 aromatic heterocycles. The standard InChI is InChI=1S/C33H35N5O9S/c1-19(2)18-33(32(42)43)13-15-38(16-14-33)30(40)21-7-10-23(25(17-21)31(41)47-48(4,44)45)24-11-12-26(46-3)37-27(24)29(39)36-22-8-5-20(6-9-22)28(34)35/h5-12,17H,1,13-16,18H2,2-4H3,(H3,34,35)(H,36,39)(H,42,43). The van der Waals surface area contributed by atoms with Gasteiger partial charge in [0.2, 0.25) is 5.88 Å². The molecule has 0 atom stereocenters. The zero-order valence-electron chi connectivity index (χ0n) is 26.5. The molecule has 0 radical (unpaired) electrons. The molecule has 0 bridgehead atoms. The molecule has 14 nitrogen and oxygen atoms in total. The van der Waals surface area contributed by atoms with Crippen LogP contribution in [0.4, 0.5) is 5.69 Å². The number of piperidine rings is 1. The lowest BCUT2D eigenvalue weighted by atomic mass is 9.74. The molecule has 15 heteroatoms. The Morgan fingerprint density at radius 3 is 2.19 bits per heavy atom. The highest BCUT2D eigenvalue weighted by Crippen LogP contribution is 2.38. The fraction of sp³-hybridized carbons (Fsp3) is 0.273. The number of carboxylic acids is 1. The van der Waals surface area contributed by atoms with Gasteiger partial charge in [0.15, 0.2) is 0 Å². The van der Waals surface area contributed by atoms with Crippen molar-refractivity contribution < 1.29 is 41.6 Å². The molecule has 1 saturated heterocycles. The van der Waals surface area contributed by atoms with Gasteiger partial charge in [-0.15, -0.1) is 6.58 Å². The van der Waals surface area contributed by atoms with E-state index >= 15 is 0 Å². The number of nitrogens with two attached hydrogens (primary N) is 1. The second-order valence-electron chi connectivity index (χ2n) is 11.5. The number of anilines is 1. The Bertz CT molecular complexity index is 1920. The molecule has 2 aromatic carbocycles. The number of carbonyl (C=O) groups excluding carboxylic acids is 3. The quantitative estimate of drug-likeness (QED) is 0.0992. The number of allylic oxidation sites excluding steroid dienone is 1. The van der Waals surface area contributed by atoms with Crippen LogP contribution in [0.2, 0.25) is 0 Å². The van der Waals surface area contributed by atoms with Crippen LogP contribution in [-0.4, -0.2) is 79.5 Å². The average molecular weight is 678 g/mol. The number of rotatable bonds is 11. The molecule has 48 heavy (non-hydrogen) atoms. The molecule has 3 aromatic rings. The van der Waals surface area contributed by atoms with E-state index in [0.29, 0.717) is 23.1 Å². The fourth-order valence-corrected chi connectivity index (χ4v) is 5.86. The van der Waals surface area contributed by atoms with Crippen LogP contribution in [0.25, 0.3) is 11.1 Å². The number of methoxy groups -OCH3 is 1. The maximum Gasteiger partial charge on any atom is 0.354 e. The molecule has 4 rings (SSSR count). The van der Waals surface area contributed by atoms with Crippen molar-refractivity contribution in [2.24, 2.45) is 11.1 Å². The summed E-state index contributed by atoms with van der Waals surface area (Å²) >= 11 is 0. The summed E-state index contributed by atoms with van der Waals surface area (Å²) in [6.07, 6.45) is 1.35. The summed E-state index contributed by atoms with van der Waals surface area (Å²) in [6.45, 7) is 5.85. The van der Waals surface area contributed by atoms with E-state index in [1.807, 2.05) is 0 Å². The smallest absolute Gasteiger partial charge is 0.354 e. The van der Waals surface area contributed by atoms with Crippen LogP contribution in [0.3, 0.4) is 0 Å². The Kier molecular flexibility index (Phi) is 10.3. The molecule has 1 fully saturated rings. The van der Waals surface area contributed by atoms with Gasteiger partial charge in [-0.05, 0) is 74.2 Å². The van der Waals surface area contributed by atoms with Crippen LogP contribution in [0.5, 0.6) is 5.88 Å². The van der Waals surface area contributed by atoms with Crippen molar-refractivity contribution in [3.05, 3.63) is 89.1 Å². The van der Waals surface area contributed by atoms with Crippen LogP contribution in [0, 0.1) is 10.8 Å². The summed E-state index contributed by atoms with van der Waals surface area (Å²) in [6, 6.07) is 13.0. The van der Waals surface area contributed by atoms with Gasteiger partial charge in [0.1, 0.15) is 11.5 Å². The Morgan fingerprint density at radius 1 is 1.04 bits per heavy atom. The number of likely N-dealkylation sites (tertiary alicyclic amines) is 1. The van der Waals surface area contributed by atoms with Gasteiger partial charge in [0.25, 0.3) is 11.8 Å². The predicted molar refractivity (Wildman–Crippen MR) is 177 cm³/mol. The summed E-state index contributed by atoms with van der Waals surface area (Å²) < 4.78 is 33.8. The topological polar surface area (TPSA) is 219 Å². The molecule has 252 valence electrons. The number of hydrogen-bond donors (Lipinski definition) is 4. The summed E-state index contributed by atoms with van der Waals surface area (Å²) in [5.74, 6) is -3.58. The Balaban J connectivity index is 1.74. The highest BCUT2D eigenvalue weighted by Gasteiger charge is 2.42. The van der Waals surface area contributed by atoms with Crippen LogP contribution in [0.1, 0.15) is 63.0 Å². The SMILES string of the molecule is C=C(C)CC1(C(=O)O)CCN(C(=O)c2ccc(-c3ccc(OC)nc3C(=O)Nc3ccc(C(=N)N)cc3)c(C(=O)OS(C)(=O)=O)c2)CC1. The molecule has 1 aliphatic rings. The zero-order chi connectivity index (χ0) is 35.4. The zero-order valence-corrected chi connectivity index (χ0v) is 27.3. The molecule has 0 saturated carbocycles. The van der Waals surface area contributed by atoms with Gasteiger partial charge < -0.3 is 30.0 Å². The van der Waals surface area contributed by atoms with Crippen molar-refractivity contribution in [3.63, 3.8) is 0 Å². The molecule has 2 heterocycles. The number of carboxylic acid groups (broad SMARTS) is 1. The molecule has 2 amide bonds. The van der Waals surface area contributed by atoms with Crippen LogP contribution in [0.15, 0.2) is 66.7 Å². The first kappa shape index (κ1) is 35.3. The summed E-state index contributed by atoms with van der Waals surface area (Å²) in [7, 11) is -2.94. The third-order valence-electron chi connectivity index (χ3n) is 7.85. The van der Waals surface area contributed by atoms with E-state index in [1.165, 1.54) is 66.6 Å². The number of carbonyl (C=O) groups is 4. The monoisotopic (exact) mass is 677 g/mol. The average Bonchev–Trinajstić information content (AvgIpc) is 3.03. The summed E-state index contributed by atoms with van der Waals surface area (Å²) in [5, 5.41) is 20.2. The van der Waals surface area contributed by atoms with Gasteiger partial charge in [0.05, 0.1) is 24.3 Å². The van der Waals surface area contributed by atoms with Crippen molar-refractivity contribution in [3.8, 4) is 17.0 Å². The van der Waals surface area contributed by atoms with Gasteiger partial charge in [-0.3, -0.25) is 19.8 Å². The van der Waals surface area contributed by atoms with Crippen molar-refractivity contribution in [1.82, 2.24) is 9.88 Å². The van der Waals surface area contributed by atoms with E-state index < -0.39 is 39.3 Å². The number of aliphatic carboxylic acids is 1. The third-order valence-corrected chi connectivity index (χ3v) is 8.31. The number of nitrogens with one attached hydrogen (secondary N) is 2. The number of pyridine rings is 1. The fourth-order valence-electron chi connectivity index (χ4n) is 5.50. The molecule has 5 N–H and O–H groups in total. The number of nitrogen functional groups attached to an aromatic ring is 1. The molecular formula is C33H35N5O9S. The maximum atomic E-state index is 13.6. The lowest BCUT2D eigenvalue weighted by Crippen LogP contribution is -2.46. The number of nitrogens with zero attached hydrogens (tertiary/aromatic N) is 2. The summed E-state index contributed by atoms with van der Waals surface area (Å²) in [5.41, 5.74) is 5.57. The minimum absolute atomic E-state index is 0.0139. The van der Waals surface area contributed by atoms with E-state index in [4.69, 9.17) is 15.9 Å². The first-order valence-corrected chi connectivity index (χ1v) is 16.4. The van der Waals surface area contributed by atoms with E-state index in [0.717, 1.165) is 0 Å². The molecule has 1 aliphatic heterocycles. The minimum Gasteiger partial charge on any atom is -0.481 e. The predicted octanol–water partition coefficient (Wildman–Crippen LogP) is 3.68. The van der Waals surface area contributed by atoms with Gasteiger partial charge in [-0.1, -0.05) is 11.6 Å². The van der Waals surface area contributed by atoms with Crippen molar-refractivity contribution >= 4 is 45.4 Å². The molecular weight excluding hydrogens is 642 g/mol. The Labute approximate surface area is 277 Å². The van der Waals surface area contributed by atoms with E-state index in [-0.39, 0.29) is 72.0 Å². The molecule has 0 unspecified atom stereocenters. The lowest BCUT2D eigenvalue weighted by Gasteiger charge is -2.39. The van der Waals surface area contributed by atoms with Crippen LogP contribution < -0.4 is 15.8 Å². The van der Waals surface area contributed by atoms with Crippen molar-refractivity contribution in [2.75, 3.05) is 31.8 Å². The van der Waals surface area contributed by atoms with E-state index in [1.54, 1.807) is 6.92 Å². The van der Waals surface area contributed by atoms with Crippen LogP contribution in [-0.2, 0) is 19.1 Å². The van der Waals surface area contributed by atoms with E-state index in [2.05, 4.69) is 21.1 Å². The van der Waals surface area contributed by atoms with E-state index in [9.17, 15) is 32.7 Å². The van der Waals surface area contributed by atoms with Gasteiger partial charge in [-0.2, -0.15) is 8.42 Å².